The van der Waals surface area contributed by atoms with Gasteiger partial charge in [0.1, 0.15) is 10.6 Å². The number of carbonyl (C=O) groups excluding carboxylic acids is 1. The molecule has 1 amide bonds. The van der Waals surface area contributed by atoms with Crippen molar-refractivity contribution >= 4 is 44.1 Å². The number of methoxy groups -OCH3 is 1. The number of ether oxygens (including phenoxy) is 1. The molecule has 28 heavy (non-hydrogen) atoms. The van der Waals surface area contributed by atoms with Gasteiger partial charge in [-0.3, -0.25) is 4.79 Å². The second-order valence-corrected chi connectivity index (χ2v) is 7.11. The maximum absolute atomic E-state index is 12.6. The number of hydrogen-bond acceptors (Lipinski definition) is 4. The van der Waals surface area contributed by atoms with Gasteiger partial charge in [-0.1, -0.05) is 0 Å². The Kier molecular flexibility index (Phi) is 4.43. The third kappa shape index (κ3) is 3.50. The highest BCUT2D eigenvalue weighted by molar-refractivity contribution is 7.20. The van der Waals surface area contributed by atoms with E-state index in [0.29, 0.717) is 21.1 Å². The van der Waals surface area contributed by atoms with Gasteiger partial charge in [0, 0.05) is 22.5 Å². The van der Waals surface area contributed by atoms with E-state index in [0.717, 1.165) is 28.4 Å². The summed E-state index contributed by atoms with van der Waals surface area (Å²) < 4.78 is 43.1. The lowest BCUT2D eigenvalue weighted by Gasteiger charge is -2.08. The van der Waals surface area contributed by atoms with Crippen LogP contribution in [-0.2, 0) is 6.18 Å². The first kappa shape index (κ1) is 18.2. The number of nitrogens with zero attached hydrogens (tertiary/aromatic N) is 1. The van der Waals surface area contributed by atoms with Crippen molar-refractivity contribution in [3.8, 4) is 5.75 Å². The molecular weight excluding hydrogens is 389 g/mol. The van der Waals surface area contributed by atoms with Crippen LogP contribution in [0.5, 0.6) is 5.75 Å². The van der Waals surface area contributed by atoms with Crippen LogP contribution in [0.3, 0.4) is 0 Å². The highest BCUT2D eigenvalue weighted by atomic mass is 32.1. The van der Waals surface area contributed by atoms with E-state index in [1.165, 1.54) is 23.5 Å². The van der Waals surface area contributed by atoms with Gasteiger partial charge in [-0.05, 0) is 48.5 Å². The molecule has 0 unspecified atom stereocenters. The Morgan fingerprint density at radius 1 is 1.04 bits per heavy atom. The minimum atomic E-state index is -4.41. The van der Waals surface area contributed by atoms with Gasteiger partial charge in [0.2, 0.25) is 0 Å². The van der Waals surface area contributed by atoms with E-state index >= 15 is 0 Å². The second-order valence-electron chi connectivity index (χ2n) is 6.08. The molecular formula is C20H13F3N2O2S. The molecule has 0 fully saturated rings. The van der Waals surface area contributed by atoms with Crippen molar-refractivity contribution in [3.05, 3.63) is 65.0 Å². The zero-order valence-electron chi connectivity index (χ0n) is 14.5. The van der Waals surface area contributed by atoms with Crippen LogP contribution in [0, 0.1) is 0 Å². The fourth-order valence-electron chi connectivity index (χ4n) is 2.78. The molecule has 1 N–H and O–H groups in total. The summed E-state index contributed by atoms with van der Waals surface area (Å²) in [6, 6.07) is 13.5. The predicted molar refractivity (Wildman–Crippen MR) is 103 cm³/mol. The number of nitrogens with one attached hydrogen (secondary N) is 1. The fraction of sp³-hybridized carbons (Fsp3) is 0.100. The van der Waals surface area contributed by atoms with Crippen LogP contribution in [0.4, 0.5) is 18.9 Å². The number of aromatic nitrogens is 1. The lowest BCUT2D eigenvalue weighted by atomic mass is 10.2. The van der Waals surface area contributed by atoms with Gasteiger partial charge < -0.3 is 10.1 Å². The number of amides is 1. The molecule has 4 aromatic rings. The summed E-state index contributed by atoms with van der Waals surface area (Å²) >= 11 is 1.22. The molecule has 0 atom stereocenters. The number of fused-ring (bicyclic) bond motifs is 2. The Hall–Kier alpha value is -3.13. The van der Waals surface area contributed by atoms with Crippen LogP contribution in [0.2, 0.25) is 0 Å². The minimum absolute atomic E-state index is 0.290. The third-order valence-corrected chi connectivity index (χ3v) is 5.25. The Bertz CT molecular complexity index is 1180. The topological polar surface area (TPSA) is 51.2 Å². The summed E-state index contributed by atoms with van der Waals surface area (Å²) in [6.45, 7) is 0. The molecule has 4 rings (SSSR count). The van der Waals surface area contributed by atoms with Crippen LogP contribution in [0.15, 0.2) is 54.6 Å². The number of rotatable bonds is 3. The van der Waals surface area contributed by atoms with E-state index in [9.17, 15) is 18.0 Å². The molecule has 4 nitrogen and oxygen atoms in total. The van der Waals surface area contributed by atoms with Gasteiger partial charge in [-0.25, -0.2) is 4.98 Å². The van der Waals surface area contributed by atoms with Gasteiger partial charge in [0.15, 0.2) is 0 Å². The lowest BCUT2D eigenvalue weighted by Crippen LogP contribution is -2.10. The lowest BCUT2D eigenvalue weighted by molar-refractivity contribution is -0.137. The largest absolute Gasteiger partial charge is 0.497 e. The molecule has 0 aliphatic heterocycles. The molecule has 0 saturated carbocycles. The molecule has 2 aromatic carbocycles. The van der Waals surface area contributed by atoms with E-state index in [2.05, 4.69) is 10.3 Å². The normalized spacial score (nSPS) is 11.7. The summed E-state index contributed by atoms with van der Waals surface area (Å²) in [7, 11) is 1.58. The van der Waals surface area contributed by atoms with Crippen LogP contribution < -0.4 is 10.1 Å². The average molecular weight is 402 g/mol. The molecule has 2 aromatic heterocycles. The summed E-state index contributed by atoms with van der Waals surface area (Å²) in [5.74, 6) is 0.292. The second kappa shape index (κ2) is 6.79. The SMILES string of the molecule is COc1ccc2cc3cc(C(=O)Nc4ccc(C(F)(F)F)cc4)sc3nc2c1. The van der Waals surface area contributed by atoms with E-state index in [1.807, 2.05) is 24.3 Å². The van der Waals surface area contributed by atoms with Gasteiger partial charge in [-0.15, -0.1) is 11.3 Å². The Balaban J connectivity index is 1.61. The van der Waals surface area contributed by atoms with Gasteiger partial charge in [0.25, 0.3) is 5.91 Å². The smallest absolute Gasteiger partial charge is 0.416 e. The molecule has 0 bridgehead atoms. The maximum Gasteiger partial charge on any atom is 0.416 e. The van der Waals surface area contributed by atoms with Gasteiger partial charge >= 0.3 is 6.18 Å². The van der Waals surface area contributed by atoms with Crippen molar-refractivity contribution in [3.63, 3.8) is 0 Å². The molecule has 8 heteroatoms. The van der Waals surface area contributed by atoms with E-state index in [4.69, 9.17) is 4.74 Å². The van der Waals surface area contributed by atoms with Crippen LogP contribution in [-0.4, -0.2) is 18.0 Å². The molecule has 0 aliphatic carbocycles. The van der Waals surface area contributed by atoms with Crippen molar-refractivity contribution in [1.82, 2.24) is 4.98 Å². The molecule has 0 saturated heterocycles. The van der Waals surface area contributed by atoms with Gasteiger partial charge in [-0.2, -0.15) is 13.2 Å². The molecule has 0 radical (unpaired) electrons. The van der Waals surface area contributed by atoms with Crippen LogP contribution in [0.1, 0.15) is 15.2 Å². The monoisotopic (exact) mass is 402 g/mol. The average Bonchev–Trinajstić information content (AvgIpc) is 3.08. The van der Waals surface area contributed by atoms with Crippen LogP contribution >= 0.6 is 11.3 Å². The van der Waals surface area contributed by atoms with Crippen molar-refractivity contribution in [2.75, 3.05) is 12.4 Å². The number of pyridine rings is 1. The third-order valence-electron chi connectivity index (χ3n) is 4.20. The first-order chi connectivity index (χ1) is 13.3. The highest BCUT2D eigenvalue weighted by Gasteiger charge is 2.30. The summed E-state index contributed by atoms with van der Waals surface area (Å²) in [6.07, 6.45) is -4.41. The minimum Gasteiger partial charge on any atom is -0.497 e. The first-order valence-electron chi connectivity index (χ1n) is 8.20. The zero-order valence-corrected chi connectivity index (χ0v) is 15.3. The molecule has 142 valence electrons. The first-order valence-corrected chi connectivity index (χ1v) is 9.02. The summed E-state index contributed by atoms with van der Waals surface area (Å²) in [5.41, 5.74) is 0.278. The molecule has 0 spiro atoms. The fourth-order valence-corrected chi connectivity index (χ4v) is 3.70. The van der Waals surface area contributed by atoms with Crippen molar-refractivity contribution in [2.24, 2.45) is 0 Å². The number of hydrogen-bond donors (Lipinski definition) is 1. The maximum atomic E-state index is 12.6. The summed E-state index contributed by atoms with van der Waals surface area (Å²) in [5, 5.41) is 4.35. The van der Waals surface area contributed by atoms with E-state index in [1.54, 1.807) is 13.2 Å². The predicted octanol–water partition coefficient (Wildman–Crippen LogP) is 5.73. The quantitative estimate of drug-likeness (QED) is 0.476. The van der Waals surface area contributed by atoms with Crippen molar-refractivity contribution < 1.29 is 22.7 Å². The molecule has 0 aliphatic rings. The Morgan fingerprint density at radius 2 is 1.79 bits per heavy atom. The Labute approximate surface area is 161 Å². The number of benzene rings is 2. The Morgan fingerprint density at radius 3 is 2.46 bits per heavy atom. The number of halogens is 3. The molecule has 2 heterocycles. The number of carbonyl (C=O) groups is 1. The number of thiophene rings is 1. The highest BCUT2D eigenvalue weighted by Crippen LogP contribution is 2.31. The van der Waals surface area contributed by atoms with Crippen molar-refractivity contribution in [1.29, 1.82) is 0 Å². The van der Waals surface area contributed by atoms with Crippen molar-refractivity contribution in [2.45, 2.75) is 6.18 Å². The summed E-state index contributed by atoms with van der Waals surface area (Å²) in [4.78, 5) is 18.2. The number of alkyl halides is 3. The zero-order chi connectivity index (χ0) is 19.9. The van der Waals surface area contributed by atoms with E-state index < -0.39 is 17.6 Å². The van der Waals surface area contributed by atoms with Crippen LogP contribution in [0.25, 0.3) is 21.1 Å². The standard InChI is InChI=1S/C20H13F3N2O2S/c1-27-15-7-2-11-8-12-9-17(28-19(12)25-16(11)10-15)18(26)24-14-5-3-13(4-6-14)20(21,22)23/h2-10H,1H3,(H,24,26). The van der Waals surface area contributed by atoms with Gasteiger partial charge in [0.05, 0.1) is 23.1 Å². The van der Waals surface area contributed by atoms with E-state index in [-0.39, 0.29) is 0 Å². The number of anilines is 1.